The second-order valence-electron chi connectivity index (χ2n) is 4.34. The topological polar surface area (TPSA) is 63.4 Å². The lowest BCUT2D eigenvalue weighted by Gasteiger charge is -2.31. The first kappa shape index (κ1) is 12.1. The molecule has 4 nitrogen and oxygen atoms in total. The van der Waals surface area contributed by atoms with Crippen LogP contribution in [0.3, 0.4) is 0 Å². The van der Waals surface area contributed by atoms with Crippen molar-refractivity contribution < 1.29 is 9.59 Å². The summed E-state index contributed by atoms with van der Waals surface area (Å²) in [5, 5.41) is 1.96. The van der Waals surface area contributed by atoms with Gasteiger partial charge in [-0.2, -0.15) is 0 Å². The van der Waals surface area contributed by atoms with Crippen molar-refractivity contribution in [2.24, 2.45) is 11.7 Å². The minimum atomic E-state index is -0.293. The van der Waals surface area contributed by atoms with Crippen LogP contribution in [0.25, 0.3) is 0 Å². The van der Waals surface area contributed by atoms with Gasteiger partial charge >= 0.3 is 0 Å². The van der Waals surface area contributed by atoms with Gasteiger partial charge in [0.15, 0.2) is 0 Å². The van der Waals surface area contributed by atoms with Crippen molar-refractivity contribution in [2.45, 2.75) is 19.3 Å². The Kier molecular flexibility index (Phi) is 3.78. The van der Waals surface area contributed by atoms with Crippen LogP contribution in [-0.4, -0.2) is 29.8 Å². The maximum Gasteiger partial charge on any atom is 0.227 e. The number of amides is 2. The molecule has 1 fully saturated rings. The first-order chi connectivity index (χ1) is 8.16. The van der Waals surface area contributed by atoms with Crippen LogP contribution >= 0.6 is 11.3 Å². The standard InChI is InChI=1S/C12H16N2O2S/c13-12(16)9-3-1-5-14(8-9)11(15)7-10-4-2-6-17-10/h2,4,6,9H,1,3,5,7-8H2,(H2,13,16)/t9-/m0/s1. The van der Waals surface area contributed by atoms with Gasteiger partial charge in [-0.3, -0.25) is 9.59 Å². The summed E-state index contributed by atoms with van der Waals surface area (Å²) in [4.78, 5) is 26.0. The molecule has 1 atom stereocenters. The molecule has 0 bridgehead atoms. The van der Waals surface area contributed by atoms with E-state index >= 15 is 0 Å². The molecule has 5 heteroatoms. The number of nitrogens with two attached hydrogens (primary N) is 1. The quantitative estimate of drug-likeness (QED) is 0.872. The molecular formula is C12H16N2O2S. The number of carbonyl (C=O) groups excluding carboxylic acids is 2. The second-order valence-corrected chi connectivity index (χ2v) is 5.37. The van der Waals surface area contributed by atoms with Crippen molar-refractivity contribution in [3.63, 3.8) is 0 Å². The van der Waals surface area contributed by atoms with E-state index in [4.69, 9.17) is 5.73 Å². The maximum atomic E-state index is 12.0. The summed E-state index contributed by atoms with van der Waals surface area (Å²) in [6.45, 7) is 1.23. The van der Waals surface area contributed by atoms with Crippen LogP contribution < -0.4 is 5.73 Å². The molecule has 0 aliphatic carbocycles. The third-order valence-electron chi connectivity index (χ3n) is 3.08. The first-order valence-electron chi connectivity index (χ1n) is 5.76. The summed E-state index contributed by atoms with van der Waals surface area (Å²) < 4.78 is 0. The van der Waals surface area contributed by atoms with Crippen molar-refractivity contribution >= 4 is 23.2 Å². The molecule has 1 aromatic rings. The van der Waals surface area contributed by atoms with E-state index in [0.717, 1.165) is 24.3 Å². The molecule has 2 amide bonds. The zero-order chi connectivity index (χ0) is 12.3. The number of carbonyl (C=O) groups is 2. The van der Waals surface area contributed by atoms with Crippen LogP contribution in [-0.2, 0) is 16.0 Å². The minimum absolute atomic E-state index is 0.0957. The smallest absolute Gasteiger partial charge is 0.227 e. The van der Waals surface area contributed by atoms with Gasteiger partial charge in [0.1, 0.15) is 0 Å². The summed E-state index contributed by atoms with van der Waals surface area (Å²) in [7, 11) is 0. The molecule has 0 saturated carbocycles. The summed E-state index contributed by atoms with van der Waals surface area (Å²) in [6, 6.07) is 3.90. The predicted molar refractivity (Wildman–Crippen MR) is 66.5 cm³/mol. The van der Waals surface area contributed by atoms with Gasteiger partial charge in [-0.05, 0) is 24.3 Å². The average molecular weight is 252 g/mol. The molecule has 2 rings (SSSR count). The van der Waals surface area contributed by atoms with Gasteiger partial charge in [-0.15, -0.1) is 11.3 Å². The minimum Gasteiger partial charge on any atom is -0.369 e. The lowest BCUT2D eigenvalue weighted by molar-refractivity contribution is -0.134. The number of primary amides is 1. The van der Waals surface area contributed by atoms with Gasteiger partial charge in [0, 0.05) is 18.0 Å². The highest BCUT2D eigenvalue weighted by molar-refractivity contribution is 7.10. The fourth-order valence-corrected chi connectivity index (χ4v) is 2.81. The maximum absolute atomic E-state index is 12.0. The molecule has 1 aromatic heterocycles. The Hall–Kier alpha value is -1.36. The lowest BCUT2D eigenvalue weighted by atomic mass is 9.97. The molecule has 0 unspecified atom stereocenters. The Labute approximate surface area is 104 Å². The van der Waals surface area contributed by atoms with Crippen LogP contribution in [0.2, 0.25) is 0 Å². The van der Waals surface area contributed by atoms with Crippen LogP contribution in [0.1, 0.15) is 17.7 Å². The highest BCUT2D eigenvalue weighted by atomic mass is 32.1. The summed E-state index contributed by atoms with van der Waals surface area (Å²) in [5.74, 6) is -0.368. The van der Waals surface area contributed by atoms with Crippen LogP contribution in [0, 0.1) is 5.92 Å². The Bertz CT molecular complexity index is 403. The van der Waals surface area contributed by atoms with Gasteiger partial charge in [0.05, 0.1) is 12.3 Å². The fourth-order valence-electron chi connectivity index (χ4n) is 2.11. The van der Waals surface area contributed by atoms with Crippen molar-refractivity contribution in [2.75, 3.05) is 13.1 Å². The van der Waals surface area contributed by atoms with E-state index in [2.05, 4.69) is 0 Å². The van der Waals surface area contributed by atoms with Crippen LogP contribution in [0.5, 0.6) is 0 Å². The predicted octanol–water partition coefficient (Wildman–Crippen LogP) is 1.01. The lowest BCUT2D eigenvalue weighted by Crippen LogP contribution is -2.44. The zero-order valence-electron chi connectivity index (χ0n) is 9.59. The molecule has 2 N–H and O–H groups in total. The highest BCUT2D eigenvalue weighted by Crippen LogP contribution is 2.18. The molecule has 1 aliphatic heterocycles. The number of piperidine rings is 1. The van der Waals surface area contributed by atoms with Crippen molar-refractivity contribution in [1.82, 2.24) is 4.90 Å². The molecule has 17 heavy (non-hydrogen) atoms. The van der Waals surface area contributed by atoms with E-state index in [-0.39, 0.29) is 17.7 Å². The number of rotatable bonds is 3. The average Bonchev–Trinajstić information content (AvgIpc) is 2.82. The zero-order valence-corrected chi connectivity index (χ0v) is 10.4. The van der Waals surface area contributed by atoms with Crippen LogP contribution in [0.4, 0.5) is 0 Å². The normalized spacial score (nSPS) is 20.2. The molecule has 0 aromatic carbocycles. The van der Waals surface area contributed by atoms with E-state index in [9.17, 15) is 9.59 Å². The molecular weight excluding hydrogens is 236 g/mol. The number of likely N-dealkylation sites (tertiary alicyclic amines) is 1. The number of hydrogen-bond donors (Lipinski definition) is 1. The summed E-state index contributed by atoms with van der Waals surface area (Å²) in [5.41, 5.74) is 5.29. The second kappa shape index (κ2) is 5.31. The Morgan fingerprint density at radius 2 is 2.35 bits per heavy atom. The Morgan fingerprint density at radius 3 is 3.00 bits per heavy atom. The third kappa shape index (κ3) is 3.06. The largest absolute Gasteiger partial charge is 0.369 e. The van der Waals surface area contributed by atoms with Gasteiger partial charge < -0.3 is 10.6 Å². The van der Waals surface area contributed by atoms with E-state index in [1.807, 2.05) is 17.5 Å². The van der Waals surface area contributed by atoms with E-state index < -0.39 is 0 Å². The van der Waals surface area contributed by atoms with Crippen LogP contribution in [0.15, 0.2) is 17.5 Å². The molecule has 92 valence electrons. The van der Waals surface area contributed by atoms with E-state index in [0.29, 0.717) is 13.0 Å². The van der Waals surface area contributed by atoms with Gasteiger partial charge in [-0.25, -0.2) is 0 Å². The summed E-state index contributed by atoms with van der Waals surface area (Å²) in [6.07, 6.45) is 2.10. The SMILES string of the molecule is NC(=O)[C@H]1CCCN(C(=O)Cc2cccs2)C1. The molecule has 2 heterocycles. The Morgan fingerprint density at radius 1 is 1.53 bits per heavy atom. The van der Waals surface area contributed by atoms with E-state index in [1.54, 1.807) is 16.2 Å². The Balaban J connectivity index is 1.93. The monoisotopic (exact) mass is 252 g/mol. The highest BCUT2D eigenvalue weighted by Gasteiger charge is 2.26. The van der Waals surface area contributed by atoms with Gasteiger partial charge in [0.25, 0.3) is 0 Å². The third-order valence-corrected chi connectivity index (χ3v) is 3.96. The number of nitrogens with zero attached hydrogens (tertiary/aromatic N) is 1. The van der Waals surface area contributed by atoms with E-state index in [1.165, 1.54) is 0 Å². The van der Waals surface area contributed by atoms with Crippen molar-refractivity contribution in [1.29, 1.82) is 0 Å². The fraction of sp³-hybridized carbons (Fsp3) is 0.500. The summed E-state index contributed by atoms with van der Waals surface area (Å²) >= 11 is 1.58. The van der Waals surface area contributed by atoms with Gasteiger partial charge in [0.2, 0.25) is 11.8 Å². The van der Waals surface area contributed by atoms with Crippen molar-refractivity contribution in [3.05, 3.63) is 22.4 Å². The molecule has 1 aliphatic rings. The van der Waals surface area contributed by atoms with Crippen molar-refractivity contribution in [3.8, 4) is 0 Å². The van der Waals surface area contributed by atoms with Gasteiger partial charge in [-0.1, -0.05) is 6.07 Å². The first-order valence-corrected chi connectivity index (χ1v) is 6.64. The molecule has 0 radical (unpaired) electrons. The number of thiophene rings is 1. The number of hydrogen-bond acceptors (Lipinski definition) is 3. The molecule has 0 spiro atoms. The molecule has 1 saturated heterocycles.